The van der Waals surface area contributed by atoms with Crippen molar-refractivity contribution in [2.45, 2.75) is 6.92 Å². The van der Waals surface area contributed by atoms with Crippen molar-refractivity contribution >= 4 is 17.2 Å². The first-order chi connectivity index (χ1) is 5.13. The predicted molar refractivity (Wildman–Crippen MR) is 48.7 cm³/mol. The van der Waals surface area contributed by atoms with Crippen LogP contribution in [0.2, 0.25) is 0 Å². The highest BCUT2D eigenvalue weighted by Gasteiger charge is 2.03. The molecule has 2 nitrogen and oxygen atoms in total. The van der Waals surface area contributed by atoms with Gasteiger partial charge in [-0.15, -0.1) is 0 Å². The van der Waals surface area contributed by atoms with Crippen molar-refractivity contribution in [2.75, 3.05) is 0 Å². The molecule has 58 valence electrons. The Bertz CT molecular complexity index is 296. The van der Waals surface area contributed by atoms with Gasteiger partial charge in [0, 0.05) is 11.1 Å². The van der Waals surface area contributed by atoms with Gasteiger partial charge in [-0.3, -0.25) is 0 Å². The first-order valence-corrected chi connectivity index (χ1v) is 3.62. The Morgan fingerprint density at radius 3 is 2.64 bits per heavy atom. The van der Waals surface area contributed by atoms with E-state index < -0.39 is 0 Å². The summed E-state index contributed by atoms with van der Waals surface area (Å²) in [5.74, 6) is 0.232. The standard InChI is InChI=1S/C8H9NOS/c1-5-6(8(9)11)3-2-4-7(5)10/h2-4,10H,1H3,(H2,9,11). The molecule has 1 rings (SSSR count). The zero-order chi connectivity index (χ0) is 8.43. The molecule has 0 saturated heterocycles. The maximum absolute atomic E-state index is 9.23. The number of benzene rings is 1. The van der Waals surface area contributed by atoms with Crippen molar-refractivity contribution in [1.29, 1.82) is 0 Å². The molecule has 0 fully saturated rings. The third-order valence-corrected chi connectivity index (χ3v) is 1.79. The molecule has 0 saturated carbocycles. The molecule has 1 aromatic rings. The summed E-state index contributed by atoms with van der Waals surface area (Å²) in [6, 6.07) is 5.12. The van der Waals surface area contributed by atoms with Crippen molar-refractivity contribution in [3.8, 4) is 5.75 Å². The van der Waals surface area contributed by atoms with Gasteiger partial charge in [0.15, 0.2) is 0 Å². The second-order valence-corrected chi connectivity index (χ2v) is 2.75. The van der Waals surface area contributed by atoms with E-state index in [1.807, 2.05) is 0 Å². The molecule has 0 bridgehead atoms. The molecule has 3 heteroatoms. The molecule has 0 heterocycles. The fraction of sp³-hybridized carbons (Fsp3) is 0.125. The lowest BCUT2D eigenvalue weighted by Gasteiger charge is -2.03. The first-order valence-electron chi connectivity index (χ1n) is 3.21. The van der Waals surface area contributed by atoms with E-state index >= 15 is 0 Å². The van der Waals surface area contributed by atoms with Crippen LogP contribution in [0.3, 0.4) is 0 Å². The predicted octanol–water partition coefficient (Wildman–Crippen LogP) is 1.33. The van der Waals surface area contributed by atoms with Crippen molar-refractivity contribution in [1.82, 2.24) is 0 Å². The van der Waals surface area contributed by atoms with Gasteiger partial charge in [-0.05, 0) is 13.0 Å². The molecule has 0 aliphatic carbocycles. The third kappa shape index (κ3) is 1.49. The molecule has 0 amide bonds. The van der Waals surface area contributed by atoms with Crippen molar-refractivity contribution < 1.29 is 5.11 Å². The lowest BCUT2D eigenvalue weighted by atomic mass is 10.1. The number of hydrogen-bond acceptors (Lipinski definition) is 2. The van der Waals surface area contributed by atoms with Crippen LogP contribution >= 0.6 is 12.2 Å². The van der Waals surface area contributed by atoms with Crippen molar-refractivity contribution in [3.63, 3.8) is 0 Å². The molecule has 3 N–H and O–H groups in total. The third-order valence-electron chi connectivity index (χ3n) is 1.57. The zero-order valence-electron chi connectivity index (χ0n) is 6.16. The van der Waals surface area contributed by atoms with Gasteiger partial charge in [-0.2, -0.15) is 0 Å². The van der Waals surface area contributed by atoms with Crippen LogP contribution in [0.25, 0.3) is 0 Å². The molecule has 1 aromatic carbocycles. The van der Waals surface area contributed by atoms with E-state index in [2.05, 4.69) is 0 Å². The molecule has 0 radical (unpaired) electrons. The Kier molecular flexibility index (Phi) is 2.10. The second-order valence-electron chi connectivity index (χ2n) is 2.31. The number of nitrogens with two attached hydrogens (primary N) is 1. The van der Waals surface area contributed by atoms with Crippen LogP contribution in [0.1, 0.15) is 11.1 Å². The summed E-state index contributed by atoms with van der Waals surface area (Å²) in [6.07, 6.45) is 0. The van der Waals surface area contributed by atoms with Crippen LogP contribution in [0.5, 0.6) is 5.75 Å². The summed E-state index contributed by atoms with van der Waals surface area (Å²) in [5.41, 5.74) is 6.88. The minimum atomic E-state index is 0.232. The molecular weight excluding hydrogens is 158 g/mol. The van der Waals surface area contributed by atoms with Gasteiger partial charge in [-0.25, -0.2) is 0 Å². The quantitative estimate of drug-likeness (QED) is 0.620. The average Bonchev–Trinajstić information content (AvgIpc) is 1.94. The fourth-order valence-corrected chi connectivity index (χ4v) is 1.11. The number of phenols is 1. The molecule has 11 heavy (non-hydrogen) atoms. The van der Waals surface area contributed by atoms with Crippen LogP contribution in [-0.4, -0.2) is 10.1 Å². The van der Waals surface area contributed by atoms with Gasteiger partial charge < -0.3 is 10.8 Å². The van der Waals surface area contributed by atoms with Gasteiger partial charge in [0.25, 0.3) is 0 Å². The number of phenolic OH excluding ortho intramolecular Hbond substituents is 1. The van der Waals surface area contributed by atoms with Crippen LogP contribution < -0.4 is 5.73 Å². The smallest absolute Gasteiger partial charge is 0.119 e. The first kappa shape index (κ1) is 8.01. The largest absolute Gasteiger partial charge is 0.508 e. The van der Waals surface area contributed by atoms with E-state index in [1.54, 1.807) is 25.1 Å². The van der Waals surface area contributed by atoms with Gasteiger partial charge in [0.2, 0.25) is 0 Å². The SMILES string of the molecule is Cc1c(O)cccc1C(N)=S. The maximum Gasteiger partial charge on any atom is 0.119 e. The monoisotopic (exact) mass is 167 g/mol. The summed E-state index contributed by atoms with van der Waals surface area (Å²) in [6.45, 7) is 1.78. The number of rotatable bonds is 1. The maximum atomic E-state index is 9.23. The van der Waals surface area contributed by atoms with Crippen molar-refractivity contribution in [3.05, 3.63) is 29.3 Å². The highest BCUT2D eigenvalue weighted by Crippen LogP contribution is 2.18. The Morgan fingerprint density at radius 2 is 2.18 bits per heavy atom. The highest BCUT2D eigenvalue weighted by atomic mass is 32.1. The second kappa shape index (κ2) is 2.88. The van der Waals surface area contributed by atoms with Crippen molar-refractivity contribution in [2.24, 2.45) is 5.73 Å². The lowest BCUT2D eigenvalue weighted by molar-refractivity contribution is 0.471. The minimum absolute atomic E-state index is 0.232. The Balaban J connectivity index is 3.27. The molecule has 0 aliphatic heterocycles. The average molecular weight is 167 g/mol. The molecule has 0 unspecified atom stereocenters. The van der Waals surface area contributed by atoms with E-state index in [1.165, 1.54) is 0 Å². The van der Waals surface area contributed by atoms with Gasteiger partial charge in [-0.1, -0.05) is 24.4 Å². The lowest BCUT2D eigenvalue weighted by Crippen LogP contribution is -2.10. The number of hydrogen-bond donors (Lipinski definition) is 2. The Labute approximate surface area is 70.7 Å². The van der Waals surface area contributed by atoms with E-state index in [0.717, 1.165) is 11.1 Å². The molecule has 0 atom stereocenters. The zero-order valence-corrected chi connectivity index (χ0v) is 6.98. The molecule has 0 spiro atoms. The number of thiocarbonyl (C=S) groups is 1. The van der Waals surface area contributed by atoms with E-state index in [9.17, 15) is 5.11 Å². The Morgan fingerprint density at radius 1 is 1.55 bits per heavy atom. The molecule has 0 aromatic heterocycles. The normalized spacial score (nSPS) is 9.55. The number of aromatic hydroxyl groups is 1. The summed E-state index contributed by atoms with van der Waals surface area (Å²) >= 11 is 4.78. The van der Waals surface area contributed by atoms with E-state index in [0.29, 0.717) is 4.99 Å². The topological polar surface area (TPSA) is 46.2 Å². The minimum Gasteiger partial charge on any atom is -0.508 e. The van der Waals surface area contributed by atoms with Crippen LogP contribution in [-0.2, 0) is 0 Å². The Hall–Kier alpha value is -1.09. The van der Waals surface area contributed by atoms with E-state index in [4.69, 9.17) is 18.0 Å². The summed E-state index contributed by atoms with van der Waals surface area (Å²) in [7, 11) is 0. The fourth-order valence-electron chi connectivity index (χ4n) is 0.890. The van der Waals surface area contributed by atoms with Crippen LogP contribution in [0.4, 0.5) is 0 Å². The molecule has 0 aliphatic rings. The summed E-state index contributed by atoms with van der Waals surface area (Å²) in [5, 5.41) is 9.23. The summed E-state index contributed by atoms with van der Waals surface area (Å²) < 4.78 is 0. The van der Waals surface area contributed by atoms with Gasteiger partial charge >= 0.3 is 0 Å². The molecular formula is C8H9NOS. The summed E-state index contributed by atoms with van der Waals surface area (Å²) in [4.78, 5) is 0.318. The van der Waals surface area contributed by atoms with Gasteiger partial charge in [0.05, 0.1) is 0 Å². The van der Waals surface area contributed by atoms with Crippen LogP contribution in [0, 0.1) is 6.92 Å². The van der Waals surface area contributed by atoms with Gasteiger partial charge in [0.1, 0.15) is 10.7 Å². The van der Waals surface area contributed by atoms with E-state index in [-0.39, 0.29) is 5.75 Å². The van der Waals surface area contributed by atoms with Crippen LogP contribution in [0.15, 0.2) is 18.2 Å². The highest BCUT2D eigenvalue weighted by molar-refractivity contribution is 7.80.